The number of hydrogen-bond donors (Lipinski definition) is 0. The van der Waals surface area contributed by atoms with E-state index in [0.29, 0.717) is 43.8 Å². The van der Waals surface area contributed by atoms with Crippen LogP contribution in [0.2, 0.25) is 0 Å². The summed E-state index contributed by atoms with van der Waals surface area (Å²) >= 11 is 0. The molecule has 3 aromatic rings. The van der Waals surface area contributed by atoms with E-state index in [0.717, 1.165) is 6.42 Å². The highest BCUT2D eigenvalue weighted by Gasteiger charge is 2.30. The van der Waals surface area contributed by atoms with Gasteiger partial charge in [-0.1, -0.05) is 43.3 Å². The van der Waals surface area contributed by atoms with Gasteiger partial charge in [0.25, 0.3) is 17.4 Å². The van der Waals surface area contributed by atoms with Crippen molar-refractivity contribution in [2.45, 2.75) is 38.8 Å². The molecule has 2 heterocycles. The van der Waals surface area contributed by atoms with Gasteiger partial charge in [-0.25, -0.2) is 4.68 Å². The lowest BCUT2D eigenvalue weighted by Crippen LogP contribution is -2.49. The Bertz CT molecular complexity index is 1200. The Morgan fingerprint density at radius 1 is 0.972 bits per heavy atom. The fourth-order valence-electron chi connectivity index (χ4n) is 4.47. The van der Waals surface area contributed by atoms with Crippen molar-refractivity contribution in [1.29, 1.82) is 0 Å². The van der Waals surface area contributed by atoms with E-state index in [1.54, 1.807) is 0 Å². The number of benzene rings is 2. The summed E-state index contributed by atoms with van der Waals surface area (Å²) in [5.74, 6) is 0.542. The van der Waals surface area contributed by atoms with E-state index < -0.39 is 0 Å². The number of piperidine rings is 1. The zero-order valence-corrected chi connectivity index (χ0v) is 20.6. The number of ether oxygens (including phenoxy) is 1. The van der Waals surface area contributed by atoms with Crippen molar-refractivity contribution in [3.8, 4) is 5.75 Å². The van der Waals surface area contributed by atoms with Gasteiger partial charge in [0.2, 0.25) is 0 Å². The van der Waals surface area contributed by atoms with E-state index in [1.807, 2.05) is 77.4 Å². The minimum atomic E-state index is -0.280. The average Bonchev–Trinajstić information content (AvgIpc) is 2.93. The van der Waals surface area contributed by atoms with E-state index in [2.05, 4.69) is 5.10 Å². The zero-order valence-electron chi connectivity index (χ0n) is 20.6. The molecule has 2 aromatic carbocycles. The molecule has 2 amide bonds. The van der Waals surface area contributed by atoms with Crippen LogP contribution in [0.5, 0.6) is 5.75 Å². The molecule has 0 saturated carbocycles. The normalized spacial score (nSPS) is 13.9. The molecular formula is C28H32N4O4. The van der Waals surface area contributed by atoms with Crippen molar-refractivity contribution >= 4 is 11.8 Å². The first-order valence-corrected chi connectivity index (χ1v) is 12.5. The minimum Gasteiger partial charge on any atom is -0.492 e. The molecule has 0 bridgehead atoms. The van der Waals surface area contributed by atoms with Gasteiger partial charge >= 0.3 is 0 Å². The Balaban J connectivity index is 1.40. The van der Waals surface area contributed by atoms with Crippen molar-refractivity contribution in [2.24, 2.45) is 0 Å². The first kappa shape index (κ1) is 25.2. The van der Waals surface area contributed by atoms with Crippen LogP contribution >= 0.6 is 0 Å². The summed E-state index contributed by atoms with van der Waals surface area (Å²) in [7, 11) is 0. The summed E-state index contributed by atoms with van der Waals surface area (Å²) < 4.78 is 6.96. The second-order valence-corrected chi connectivity index (χ2v) is 8.83. The molecule has 1 fully saturated rings. The molecule has 1 aliphatic rings. The van der Waals surface area contributed by atoms with E-state index in [4.69, 9.17) is 4.74 Å². The molecule has 1 saturated heterocycles. The van der Waals surface area contributed by atoms with Crippen LogP contribution in [0.4, 0.5) is 0 Å². The molecule has 36 heavy (non-hydrogen) atoms. The fraction of sp³-hybridized carbons (Fsp3) is 0.357. The molecule has 1 aliphatic heterocycles. The van der Waals surface area contributed by atoms with Crippen molar-refractivity contribution in [3.05, 3.63) is 94.4 Å². The summed E-state index contributed by atoms with van der Waals surface area (Å²) in [5, 5.41) is 4.35. The summed E-state index contributed by atoms with van der Waals surface area (Å²) in [6.45, 7) is 4.31. The van der Waals surface area contributed by atoms with Crippen LogP contribution in [0.3, 0.4) is 0 Å². The van der Waals surface area contributed by atoms with Gasteiger partial charge in [-0.3, -0.25) is 14.4 Å². The predicted octanol–water partition coefficient (Wildman–Crippen LogP) is 3.48. The number of carbonyl (C=O) groups excluding carboxylic acids is 2. The summed E-state index contributed by atoms with van der Waals surface area (Å²) in [4.78, 5) is 42.3. The number of hydrogen-bond acceptors (Lipinski definition) is 5. The molecule has 0 spiro atoms. The summed E-state index contributed by atoms with van der Waals surface area (Å²) in [5.41, 5.74) is 0.642. The van der Waals surface area contributed by atoms with Gasteiger partial charge in [0, 0.05) is 37.3 Å². The highest BCUT2D eigenvalue weighted by Crippen LogP contribution is 2.20. The number of amides is 2. The Kier molecular flexibility index (Phi) is 8.49. The molecule has 4 rings (SSSR count). The van der Waals surface area contributed by atoms with E-state index >= 15 is 0 Å². The SMILES string of the molecule is CCCN(C(=O)c1ccc(=O)n(CCOc2ccccc2)n1)C1CCN(C(=O)c2ccccc2)CC1. The molecule has 0 atom stereocenters. The Hall–Kier alpha value is -3.94. The Morgan fingerprint density at radius 3 is 2.31 bits per heavy atom. The maximum absolute atomic E-state index is 13.5. The molecule has 0 radical (unpaired) electrons. The van der Waals surface area contributed by atoms with Crippen LogP contribution in [-0.4, -0.2) is 63.7 Å². The third-order valence-electron chi connectivity index (χ3n) is 6.34. The number of aromatic nitrogens is 2. The van der Waals surface area contributed by atoms with Crippen LogP contribution in [0.1, 0.15) is 47.0 Å². The summed E-state index contributed by atoms with van der Waals surface area (Å²) in [6.07, 6.45) is 2.21. The molecule has 1 aromatic heterocycles. The van der Waals surface area contributed by atoms with Crippen LogP contribution in [0.25, 0.3) is 0 Å². The minimum absolute atomic E-state index is 0.0147. The molecule has 8 nitrogen and oxygen atoms in total. The standard InChI is InChI=1S/C28H32N4O4/c1-2-17-31(23-15-18-30(19-16-23)27(34)22-9-5-3-6-10-22)28(35)25-13-14-26(33)32(29-25)20-21-36-24-11-7-4-8-12-24/h3-14,23H,2,15-21H2,1H3. The maximum Gasteiger partial charge on any atom is 0.274 e. The number of para-hydroxylation sites is 1. The van der Waals surface area contributed by atoms with Gasteiger partial charge in [-0.2, -0.15) is 5.10 Å². The van der Waals surface area contributed by atoms with Gasteiger partial charge in [-0.15, -0.1) is 0 Å². The van der Waals surface area contributed by atoms with Crippen LogP contribution in [0, 0.1) is 0 Å². The smallest absolute Gasteiger partial charge is 0.274 e. The number of rotatable bonds is 9. The number of likely N-dealkylation sites (tertiary alicyclic amines) is 1. The van der Waals surface area contributed by atoms with Crippen molar-refractivity contribution < 1.29 is 14.3 Å². The lowest BCUT2D eigenvalue weighted by molar-refractivity contribution is 0.0513. The lowest BCUT2D eigenvalue weighted by atomic mass is 10.0. The largest absolute Gasteiger partial charge is 0.492 e. The lowest BCUT2D eigenvalue weighted by Gasteiger charge is -2.38. The van der Waals surface area contributed by atoms with Crippen molar-refractivity contribution in [2.75, 3.05) is 26.2 Å². The predicted molar refractivity (Wildman–Crippen MR) is 137 cm³/mol. The second kappa shape index (κ2) is 12.2. The first-order chi connectivity index (χ1) is 17.6. The third kappa shape index (κ3) is 6.19. The van der Waals surface area contributed by atoms with Crippen LogP contribution in [0.15, 0.2) is 77.6 Å². The van der Waals surface area contributed by atoms with E-state index in [-0.39, 0.29) is 42.3 Å². The van der Waals surface area contributed by atoms with Crippen LogP contribution in [-0.2, 0) is 6.54 Å². The third-order valence-corrected chi connectivity index (χ3v) is 6.34. The van der Waals surface area contributed by atoms with Gasteiger partial charge < -0.3 is 14.5 Å². The monoisotopic (exact) mass is 488 g/mol. The van der Waals surface area contributed by atoms with Crippen molar-refractivity contribution in [1.82, 2.24) is 19.6 Å². The first-order valence-electron chi connectivity index (χ1n) is 12.5. The topological polar surface area (TPSA) is 84.7 Å². The van der Waals surface area contributed by atoms with Gasteiger partial charge in [-0.05, 0) is 49.6 Å². The van der Waals surface area contributed by atoms with Gasteiger partial charge in [0.15, 0.2) is 0 Å². The zero-order chi connectivity index (χ0) is 25.3. The van der Waals surface area contributed by atoms with Crippen molar-refractivity contribution in [3.63, 3.8) is 0 Å². The molecular weight excluding hydrogens is 456 g/mol. The second-order valence-electron chi connectivity index (χ2n) is 8.83. The van der Waals surface area contributed by atoms with Crippen LogP contribution < -0.4 is 10.3 Å². The molecule has 0 aliphatic carbocycles. The van der Waals surface area contributed by atoms with Gasteiger partial charge in [0.05, 0.1) is 6.54 Å². The molecule has 0 N–H and O–H groups in total. The maximum atomic E-state index is 13.5. The highest BCUT2D eigenvalue weighted by atomic mass is 16.5. The van der Waals surface area contributed by atoms with Gasteiger partial charge in [0.1, 0.15) is 18.1 Å². The number of nitrogens with zero attached hydrogens (tertiary/aromatic N) is 4. The van der Waals surface area contributed by atoms with E-state index in [9.17, 15) is 14.4 Å². The quantitative estimate of drug-likeness (QED) is 0.460. The summed E-state index contributed by atoms with van der Waals surface area (Å²) in [6, 6.07) is 21.5. The Labute approximate surface area is 211 Å². The molecule has 8 heteroatoms. The Morgan fingerprint density at radius 2 is 1.64 bits per heavy atom. The highest BCUT2D eigenvalue weighted by molar-refractivity contribution is 5.94. The van der Waals surface area contributed by atoms with E-state index in [1.165, 1.54) is 16.8 Å². The number of carbonyl (C=O) groups is 2. The molecule has 188 valence electrons. The fourth-order valence-corrected chi connectivity index (χ4v) is 4.47. The average molecular weight is 489 g/mol. The molecule has 0 unspecified atom stereocenters.